The normalized spacial score (nSPS) is 10.6. The highest BCUT2D eigenvalue weighted by atomic mass is 32.1. The van der Waals surface area contributed by atoms with Crippen LogP contribution in [-0.2, 0) is 4.74 Å². The van der Waals surface area contributed by atoms with Crippen molar-refractivity contribution in [3.8, 4) is 11.5 Å². The number of esters is 1. The van der Waals surface area contributed by atoms with Gasteiger partial charge in [-0.15, -0.1) is 0 Å². The third-order valence-corrected chi connectivity index (χ3v) is 4.68. The summed E-state index contributed by atoms with van der Waals surface area (Å²) >= 11 is 1.22. The number of anilines is 2. The lowest BCUT2D eigenvalue weighted by Crippen LogP contribution is -2.03. The van der Waals surface area contributed by atoms with Gasteiger partial charge in [-0.3, -0.25) is 0 Å². The molecular weight excluding hydrogens is 356 g/mol. The number of rotatable bonds is 6. The second-order valence-corrected chi connectivity index (χ2v) is 6.22. The summed E-state index contributed by atoms with van der Waals surface area (Å²) in [4.78, 5) is 25.4. The fraction of sp³-hybridized carbons (Fsp3) is 0.294. The molecule has 0 fully saturated rings. The van der Waals surface area contributed by atoms with E-state index in [1.54, 1.807) is 40.2 Å². The molecule has 9 heteroatoms. The van der Waals surface area contributed by atoms with Gasteiger partial charge < -0.3 is 19.5 Å². The number of nitrogens with zero attached hydrogens (tertiary/aromatic N) is 3. The Balaban J connectivity index is 1.99. The molecule has 0 aliphatic heterocycles. The predicted octanol–water partition coefficient (Wildman–Crippen LogP) is 3.33. The van der Waals surface area contributed by atoms with E-state index in [1.807, 2.05) is 0 Å². The van der Waals surface area contributed by atoms with Crippen molar-refractivity contribution >= 4 is 39.2 Å². The van der Waals surface area contributed by atoms with Gasteiger partial charge >= 0.3 is 5.97 Å². The van der Waals surface area contributed by atoms with Crippen LogP contribution in [0.3, 0.4) is 0 Å². The van der Waals surface area contributed by atoms with Crippen LogP contribution >= 0.6 is 11.3 Å². The zero-order chi connectivity index (χ0) is 18.7. The fourth-order valence-corrected chi connectivity index (χ4v) is 3.28. The number of benzene rings is 1. The van der Waals surface area contributed by atoms with E-state index >= 15 is 0 Å². The van der Waals surface area contributed by atoms with Crippen molar-refractivity contribution in [1.29, 1.82) is 0 Å². The highest BCUT2D eigenvalue weighted by Gasteiger charge is 2.18. The second kappa shape index (κ2) is 7.52. The summed E-state index contributed by atoms with van der Waals surface area (Å²) < 4.78 is 15.7. The monoisotopic (exact) mass is 374 g/mol. The summed E-state index contributed by atoms with van der Waals surface area (Å²) in [5.41, 5.74) is 1.30. The molecule has 0 aliphatic carbocycles. The minimum Gasteiger partial charge on any atom is -0.493 e. The van der Waals surface area contributed by atoms with E-state index in [1.165, 1.54) is 17.7 Å². The molecule has 0 radical (unpaired) electrons. The molecular formula is C17H18N4O4S. The molecule has 0 saturated carbocycles. The fourth-order valence-electron chi connectivity index (χ4n) is 2.42. The van der Waals surface area contributed by atoms with E-state index in [2.05, 4.69) is 20.3 Å². The van der Waals surface area contributed by atoms with E-state index < -0.39 is 0 Å². The molecule has 1 N–H and O–H groups in total. The maximum absolute atomic E-state index is 12.0. The van der Waals surface area contributed by atoms with Gasteiger partial charge in [0.1, 0.15) is 17.0 Å². The van der Waals surface area contributed by atoms with Crippen LogP contribution in [0, 0.1) is 6.92 Å². The van der Waals surface area contributed by atoms with Gasteiger partial charge in [0.15, 0.2) is 16.6 Å². The lowest BCUT2D eigenvalue weighted by Gasteiger charge is -2.11. The van der Waals surface area contributed by atoms with Crippen LogP contribution in [0.1, 0.15) is 22.3 Å². The topological polar surface area (TPSA) is 95.5 Å². The van der Waals surface area contributed by atoms with Gasteiger partial charge in [-0.1, -0.05) is 11.3 Å². The summed E-state index contributed by atoms with van der Waals surface area (Å²) in [7, 11) is 3.13. The average molecular weight is 374 g/mol. The van der Waals surface area contributed by atoms with Gasteiger partial charge in [0.2, 0.25) is 0 Å². The quantitative estimate of drug-likeness (QED) is 0.657. The minimum atomic E-state index is -0.380. The predicted molar refractivity (Wildman–Crippen MR) is 98.7 cm³/mol. The zero-order valence-corrected chi connectivity index (χ0v) is 15.6. The van der Waals surface area contributed by atoms with Gasteiger partial charge in [-0.25, -0.2) is 19.7 Å². The molecule has 8 nitrogen and oxygen atoms in total. The van der Waals surface area contributed by atoms with Crippen LogP contribution in [0.4, 0.5) is 10.9 Å². The number of carbonyl (C=O) groups excluding carboxylic acids is 1. The molecule has 0 spiro atoms. The number of methoxy groups -OCH3 is 2. The molecule has 0 unspecified atom stereocenters. The molecule has 26 heavy (non-hydrogen) atoms. The summed E-state index contributed by atoms with van der Waals surface area (Å²) in [6.07, 6.45) is 1.45. The summed E-state index contributed by atoms with van der Waals surface area (Å²) in [5, 5.41) is 4.43. The first-order chi connectivity index (χ1) is 12.6. The molecule has 2 heterocycles. The summed E-state index contributed by atoms with van der Waals surface area (Å²) in [5.74, 6) is 1.33. The number of ether oxygens (including phenoxy) is 3. The number of hydrogen-bond donors (Lipinski definition) is 1. The van der Waals surface area contributed by atoms with Crippen LogP contribution in [0.5, 0.6) is 11.5 Å². The van der Waals surface area contributed by atoms with E-state index in [0.29, 0.717) is 45.1 Å². The Morgan fingerprint density at radius 3 is 2.62 bits per heavy atom. The highest BCUT2D eigenvalue weighted by molar-refractivity contribution is 7.17. The van der Waals surface area contributed by atoms with Crippen LogP contribution in [0.25, 0.3) is 10.9 Å². The Morgan fingerprint density at radius 2 is 1.92 bits per heavy atom. The van der Waals surface area contributed by atoms with Crippen molar-refractivity contribution in [1.82, 2.24) is 15.0 Å². The first-order valence-corrected chi connectivity index (χ1v) is 8.67. The van der Waals surface area contributed by atoms with E-state index in [9.17, 15) is 4.79 Å². The van der Waals surface area contributed by atoms with Crippen molar-refractivity contribution in [3.63, 3.8) is 0 Å². The molecule has 2 aromatic heterocycles. The minimum absolute atomic E-state index is 0.317. The van der Waals surface area contributed by atoms with E-state index in [-0.39, 0.29) is 5.97 Å². The number of thiazole rings is 1. The van der Waals surface area contributed by atoms with Crippen LogP contribution in [0.15, 0.2) is 18.5 Å². The van der Waals surface area contributed by atoms with Gasteiger partial charge in [0.05, 0.1) is 32.0 Å². The van der Waals surface area contributed by atoms with Crippen LogP contribution < -0.4 is 14.8 Å². The van der Waals surface area contributed by atoms with Gasteiger partial charge in [-0.2, -0.15) is 0 Å². The molecule has 0 aliphatic rings. The van der Waals surface area contributed by atoms with Crippen molar-refractivity contribution in [2.45, 2.75) is 13.8 Å². The van der Waals surface area contributed by atoms with E-state index in [4.69, 9.17) is 14.2 Å². The average Bonchev–Trinajstić information content (AvgIpc) is 3.01. The maximum Gasteiger partial charge on any atom is 0.350 e. The lowest BCUT2D eigenvalue weighted by atomic mass is 10.2. The number of nitrogens with one attached hydrogen (secondary N) is 1. The first kappa shape index (κ1) is 17.9. The number of aryl methyl sites for hydroxylation is 1. The van der Waals surface area contributed by atoms with Gasteiger partial charge in [-0.05, 0) is 19.9 Å². The van der Waals surface area contributed by atoms with Crippen molar-refractivity contribution in [2.75, 3.05) is 26.1 Å². The van der Waals surface area contributed by atoms with E-state index in [0.717, 1.165) is 5.39 Å². The second-order valence-electron chi connectivity index (χ2n) is 5.23. The molecule has 0 saturated heterocycles. The molecule has 0 amide bonds. The van der Waals surface area contributed by atoms with Crippen molar-refractivity contribution < 1.29 is 19.0 Å². The van der Waals surface area contributed by atoms with Crippen molar-refractivity contribution in [2.24, 2.45) is 0 Å². The Morgan fingerprint density at radius 1 is 1.19 bits per heavy atom. The standard InChI is InChI=1S/C17H18N4O4S/c1-5-25-16(22)14-9(2)20-17(26-14)21-15-10-6-12(23-3)13(24-4)7-11(10)18-8-19-15/h6-8H,5H2,1-4H3,(H,18,19,20,21). The highest BCUT2D eigenvalue weighted by Crippen LogP contribution is 2.35. The number of aromatic nitrogens is 3. The molecule has 0 atom stereocenters. The first-order valence-electron chi connectivity index (χ1n) is 7.85. The maximum atomic E-state index is 12.0. The Kier molecular flexibility index (Phi) is 5.17. The molecule has 0 bridgehead atoms. The Labute approximate surface area is 154 Å². The smallest absolute Gasteiger partial charge is 0.350 e. The lowest BCUT2D eigenvalue weighted by molar-refractivity contribution is 0.0531. The molecule has 3 rings (SSSR count). The summed E-state index contributed by atoms with van der Waals surface area (Å²) in [6, 6.07) is 3.57. The number of hydrogen-bond acceptors (Lipinski definition) is 9. The largest absolute Gasteiger partial charge is 0.493 e. The SMILES string of the molecule is CCOC(=O)c1sc(Nc2ncnc3cc(OC)c(OC)cc23)nc1C. The Bertz CT molecular complexity index is 957. The third-order valence-electron chi connectivity index (χ3n) is 3.62. The Hall–Kier alpha value is -2.94. The zero-order valence-electron chi connectivity index (χ0n) is 14.8. The van der Waals surface area contributed by atoms with Gasteiger partial charge in [0, 0.05) is 11.5 Å². The van der Waals surface area contributed by atoms with Crippen LogP contribution in [0.2, 0.25) is 0 Å². The summed E-state index contributed by atoms with van der Waals surface area (Å²) in [6.45, 7) is 3.85. The number of carbonyl (C=O) groups is 1. The molecule has 1 aromatic carbocycles. The molecule has 3 aromatic rings. The van der Waals surface area contributed by atoms with Crippen molar-refractivity contribution in [3.05, 3.63) is 29.0 Å². The van der Waals surface area contributed by atoms with Gasteiger partial charge in [0.25, 0.3) is 0 Å². The van der Waals surface area contributed by atoms with Crippen LogP contribution in [-0.4, -0.2) is 41.7 Å². The number of fused-ring (bicyclic) bond motifs is 1. The third kappa shape index (κ3) is 3.38. The molecule has 136 valence electrons.